The Bertz CT molecular complexity index is 224. The molecule has 0 aromatic carbocycles. The topological polar surface area (TPSA) is 30.5 Å². The van der Waals surface area contributed by atoms with Crippen molar-refractivity contribution in [3.8, 4) is 0 Å². The van der Waals surface area contributed by atoms with Gasteiger partial charge in [0.05, 0.1) is 12.2 Å². The van der Waals surface area contributed by atoms with E-state index in [1.165, 1.54) is 38.5 Å². The molecule has 3 atom stereocenters. The van der Waals surface area contributed by atoms with Crippen molar-refractivity contribution in [2.45, 2.75) is 56.8 Å². The van der Waals surface area contributed by atoms with E-state index in [4.69, 9.17) is 9.47 Å². The van der Waals surface area contributed by atoms with E-state index < -0.39 is 0 Å². The second-order valence-corrected chi connectivity index (χ2v) is 5.47. The van der Waals surface area contributed by atoms with Crippen LogP contribution in [0.3, 0.4) is 0 Å². The fourth-order valence-electron chi connectivity index (χ4n) is 2.96. The van der Waals surface area contributed by atoms with Crippen LogP contribution < -0.4 is 5.32 Å². The molecule has 0 amide bonds. The van der Waals surface area contributed by atoms with Crippen molar-refractivity contribution in [3.63, 3.8) is 0 Å². The van der Waals surface area contributed by atoms with E-state index in [-0.39, 0.29) is 0 Å². The average Bonchev–Trinajstić information content (AvgIpc) is 3.00. The van der Waals surface area contributed by atoms with E-state index in [1.54, 1.807) is 0 Å². The zero-order valence-corrected chi connectivity index (χ0v) is 9.99. The molecule has 1 aliphatic carbocycles. The Kier molecular flexibility index (Phi) is 3.46. The maximum absolute atomic E-state index is 5.96. The smallest absolute Gasteiger partial charge is 0.0876 e. The first-order chi connectivity index (χ1) is 7.93. The van der Waals surface area contributed by atoms with Gasteiger partial charge in [-0.05, 0) is 38.5 Å². The Labute approximate surface area is 97.9 Å². The lowest BCUT2D eigenvalue weighted by molar-refractivity contribution is -0.0999. The van der Waals surface area contributed by atoms with Gasteiger partial charge in [-0.2, -0.15) is 0 Å². The van der Waals surface area contributed by atoms with Gasteiger partial charge in [0.2, 0.25) is 0 Å². The summed E-state index contributed by atoms with van der Waals surface area (Å²) < 4.78 is 11.8. The summed E-state index contributed by atoms with van der Waals surface area (Å²) in [7, 11) is 0. The summed E-state index contributed by atoms with van der Waals surface area (Å²) in [6.45, 7) is 3.01. The van der Waals surface area contributed by atoms with Crippen LogP contribution in [0.2, 0.25) is 0 Å². The highest BCUT2D eigenvalue weighted by Gasteiger charge is 2.36. The summed E-state index contributed by atoms with van der Waals surface area (Å²) in [5.41, 5.74) is 0. The average molecular weight is 225 g/mol. The molecule has 0 bridgehead atoms. The molecule has 92 valence electrons. The van der Waals surface area contributed by atoms with Crippen molar-refractivity contribution in [1.29, 1.82) is 0 Å². The number of hydrogen-bond donors (Lipinski definition) is 1. The Balaban J connectivity index is 1.53. The molecule has 3 rings (SSSR count). The van der Waals surface area contributed by atoms with Gasteiger partial charge >= 0.3 is 0 Å². The zero-order valence-electron chi connectivity index (χ0n) is 9.99. The highest BCUT2D eigenvalue weighted by molar-refractivity contribution is 4.88. The maximum Gasteiger partial charge on any atom is 0.0876 e. The first kappa shape index (κ1) is 11.0. The molecule has 3 heteroatoms. The van der Waals surface area contributed by atoms with Crippen LogP contribution in [-0.4, -0.2) is 38.0 Å². The fourth-order valence-corrected chi connectivity index (χ4v) is 2.96. The van der Waals surface area contributed by atoms with E-state index in [9.17, 15) is 0 Å². The maximum atomic E-state index is 5.96. The minimum Gasteiger partial charge on any atom is -0.376 e. The predicted molar refractivity (Wildman–Crippen MR) is 62.5 cm³/mol. The zero-order chi connectivity index (χ0) is 10.8. The number of ether oxygens (including phenoxy) is 2. The molecule has 3 unspecified atom stereocenters. The fraction of sp³-hybridized carbons (Fsp3) is 1.00. The van der Waals surface area contributed by atoms with Gasteiger partial charge in [0.25, 0.3) is 0 Å². The molecular formula is C13H23NO2. The molecule has 1 N–H and O–H groups in total. The molecular weight excluding hydrogens is 202 g/mol. The van der Waals surface area contributed by atoms with Gasteiger partial charge in [0, 0.05) is 31.7 Å². The first-order valence-electron chi connectivity index (χ1n) is 6.90. The van der Waals surface area contributed by atoms with Crippen LogP contribution in [0.1, 0.15) is 38.5 Å². The van der Waals surface area contributed by atoms with Gasteiger partial charge in [-0.1, -0.05) is 0 Å². The van der Waals surface area contributed by atoms with E-state index in [0.717, 1.165) is 25.8 Å². The van der Waals surface area contributed by atoms with Crippen molar-refractivity contribution in [1.82, 2.24) is 5.32 Å². The lowest BCUT2D eigenvalue weighted by atomic mass is 9.89. The summed E-state index contributed by atoms with van der Waals surface area (Å²) in [5.74, 6) is 0.678. The number of hydrogen-bond acceptors (Lipinski definition) is 3. The minimum absolute atomic E-state index is 0.363. The number of rotatable bonds is 4. The van der Waals surface area contributed by atoms with Gasteiger partial charge in [-0.3, -0.25) is 0 Å². The van der Waals surface area contributed by atoms with Gasteiger partial charge in [0.1, 0.15) is 0 Å². The van der Waals surface area contributed by atoms with Crippen molar-refractivity contribution >= 4 is 0 Å². The molecule has 3 nitrogen and oxygen atoms in total. The Morgan fingerprint density at radius 1 is 0.938 bits per heavy atom. The molecule has 0 aromatic heterocycles. The van der Waals surface area contributed by atoms with Crippen LogP contribution in [0, 0.1) is 5.92 Å². The van der Waals surface area contributed by atoms with E-state index in [0.29, 0.717) is 18.1 Å². The minimum atomic E-state index is 0.363. The summed E-state index contributed by atoms with van der Waals surface area (Å²) in [4.78, 5) is 0. The van der Waals surface area contributed by atoms with Gasteiger partial charge in [-0.15, -0.1) is 0 Å². The van der Waals surface area contributed by atoms with Crippen molar-refractivity contribution < 1.29 is 9.47 Å². The Morgan fingerprint density at radius 3 is 2.50 bits per heavy atom. The van der Waals surface area contributed by atoms with Crippen LogP contribution in [0.15, 0.2) is 0 Å². The second-order valence-electron chi connectivity index (χ2n) is 5.47. The summed E-state index contributed by atoms with van der Waals surface area (Å²) in [5, 5.41) is 3.64. The molecule has 0 spiro atoms. The summed E-state index contributed by atoms with van der Waals surface area (Å²) in [6.07, 6.45) is 8.44. The van der Waals surface area contributed by atoms with Crippen molar-refractivity contribution in [3.05, 3.63) is 0 Å². The van der Waals surface area contributed by atoms with Crippen LogP contribution in [-0.2, 0) is 9.47 Å². The van der Waals surface area contributed by atoms with Crippen molar-refractivity contribution in [2.75, 3.05) is 19.8 Å². The first-order valence-corrected chi connectivity index (χ1v) is 6.90. The molecule has 3 aliphatic rings. The lowest BCUT2D eigenvalue weighted by Gasteiger charge is -2.35. The summed E-state index contributed by atoms with van der Waals surface area (Å²) >= 11 is 0. The van der Waals surface area contributed by atoms with Crippen LogP contribution in [0.25, 0.3) is 0 Å². The molecule has 2 saturated heterocycles. The Hall–Kier alpha value is -0.120. The standard InChI is InChI=1S/C13H23NO2/c1-3-10(9-14-11-5-6-11)13(16-8-1)12-4-2-7-15-12/h10-14H,1-9H2. The number of nitrogens with one attached hydrogen (secondary N) is 1. The third-order valence-corrected chi connectivity index (χ3v) is 4.07. The summed E-state index contributed by atoms with van der Waals surface area (Å²) in [6, 6.07) is 0.812. The molecule has 2 aliphatic heterocycles. The normalized spacial score (nSPS) is 40.1. The molecule has 16 heavy (non-hydrogen) atoms. The lowest BCUT2D eigenvalue weighted by Crippen LogP contribution is -2.44. The van der Waals surface area contributed by atoms with Crippen LogP contribution in [0.4, 0.5) is 0 Å². The predicted octanol–water partition coefficient (Wildman–Crippen LogP) is 1.71. The SMILES string of the molecule is C1COC(C2CCCO2)C(CNC2CC2)C1. The monoisotopic (exact) mass is 225 g/mol. The van der Waals surface area contributed by atoms with Gasteiger partial charge in [0.15, 0.2) is 0 Å². The van der Waals surface area contributed by atoms with Crippen LogP contribution >= 0.6 is 0 Å². The largest absolute Gasteiger partial charge is 0.376 e. The van der Waals surface area contributed by atoms with E-state index >= 15 is 0 Å². The van der Waals surface area contributed by atoms with E-state index in [1.807, 2.05) is 0 Å². The van der Waals surface area contributed by atoms with Gasteiger partial charge in [-0.25, -0.2) is 0 Å². The third-order valence-electron chi connectivity index (χ3n) is 4.07. The van der Waals surface area contributed by atoms with Crippen LogP contribution in [0.5, 0.6) is 0 Å². The quantitative estimate of drug-likeness (QED) is 0.790. The van der Waals surface area contributed by atoms with Gasteiger partial charge < -0.3 is 14.8 Å². The highest BCUT2D eigenvalue weighted by Crippen LogP contribution is 2.30. The Morgan fingerprint density at radius 2 is 1.75 bits per heavy atom. The molecule has 2 heterocycles. The third kappa shape index (κ3) is 2.58. The highest BCUT2D eigenvalue weighted by atomic mass is 16.5. The molecule has 0 radical (unpaired) electrons. The molecule has 0 aromatic rings. The van der Waals surface area contributed by atoms with Crippen molar-refractivity contribution in [2.24, 2.45) is 5.92 Å². The second kappa shape index (κ2) is 5.03. The molecule has 3 fully saturated rings. The molecule has 1 saturated carbocycles. The van der Waals surface area contributed by atoms with E-state index in [2.05, 4.69) is 5.32 Å².